The lowest BCUT2D eigenvalue weighted by atomic mass is 9.78. The van der Waals surface area contributed by atoms with Gasteiger partial charge in [-0.25, -0.2) is 0 Å². The molecule has 4 rings (SSSR count). The van der Waals surface area contributed by atoms with E-state index >= 15 is 0 Å². The largest absolute Gasteiger partial charge is 0.462 e. The monoisotopic (exact) mass is 266 g/mol. The Labute approximate surface area is 113 Å². The number of rotatable bonds is 0. The lowest BCUT2D eigenvalue weighted by Gasteiger charge is -2.35. The minimum absolute atomic E-state index is 0.00267. The third kappa shape index (κ3) is 1.44. The molecule has 3 aliphatic heterocycles. The molecular formula is C15H22O4. The van der Waals surface area contributed by atoms with Gasteiger partial charge in [0, 0.05) is 12.3 Å². The fourth-order valence-electron chi connectivity index (χ4n) is 4.76. The fraction of sp³-hybridized carbons (Fsp3) is 0.933. The van der Waals surface area contributed by atoms with Crippen molar-refractivity contribution in [3.05, 3.63) is 0 Å². The summed E-state index contributed by atoms with van der Waals surface area (Å²) in [6.07, 6.45) is 4.08. The molecule has 2 bridgehead atoms. The molecule has 0 radical (unpaired) electrons. The van der Waals surface area contributed by atoms with Crippen LogP contribution in [-0.2, 0) is 19.0 Å². The van der Waals surface area contributed by atoms with Gasteiger partial charge in [0.1, 0.15) is 11.7 Å². The van der Waals surface area contributed by atoms with Crippen LogP contribution in [-0.4, -0.2) is 29.6 Å². The van der Waals surface area contributed by atoms with E-state index in [1.807, 2.05) is 6.92 Å². The Balaban J connectivity index is 1.69. The molecule has 0 aromatic carbocycles. The van der Waals surface area contributed by atoms with Crippen LogP contribution in [0.4, 0.5) is 0 Å². The van der Waals surface area contributed by atoms with Crippen molar-refractivity contribution in [1.29, 1.82) is 0 Å². The van der Waals surface area contributed by atoms with Gasteiger partial charge >= 0.3 is 5.97 Å². The molecule has 4 fully saturated rings. The normalized spacial score (nSPS) is 59.5. The van der Waals surface area contributed by atoms with Crippen LogP contribution in [0.25, 0.3) is 0 Å². The first-order valence-corrected chi connectivity index (χ1v) is 7.52. The van der Waals surface area contributed by atoms with Gasteiger partial charge in [0.2, 0.25) is 0 Å². The minimum atomic E-state index is -0.390. The van der Waals surface area contributed by atoms with Crippen LogP contribution in [0, 0.1) is 17.8 Å². The third-order valence-electron chi connectivity index (χ3n) is 5.98. The van der Waals surface area contributed by atoms with Crippen LogP contribution in [0.3, 0.4) is 0 Å². The Morgan fingerprint density at radius 1 is 1.21 bits per heavy atom. The first-order valence-electron chi connectivity index (χ1n) is 7.52. The lowest BCUT2D eigenvalue weighted by molar-refractivity contribution is -0.156. The number of carbonyl (C=O) groups excluding carboxylic acids is 1. The second-order valence-electron chi connectivity index (χ2n) is 7.10. The molecular weight excluding hydrogens is 244 g/mol. The maximum Gasteiger partial charge on any atom is 0.309 e. The first kappa shape index (κ1) is 12.2. The standard InChI is InChI=1S/C15H22O4/c1-8-6-11-10(9(2)13(16)17-11)7-12-15(8)5-4-14(3,18-12)19-15/h8-12H,4-7H2,1-3H3/t8-,9-,10+,11+,12+,14-,15-/m0/s1. The molecule has 3 heterocycles. The summed E-state index contributed by atoms with van der Waals surface area (Å²) in [6.45, 7) is 6.28. The number of fused-ring (bicyclic) bond motifs is 2. The van der Waals surface area contributed by atoms with E-state index in [2.05, 4.69) is 13.8 Å². The summed E-state index contributed by atoms with van der Waals surface area (Å²) in [5.41, 5.74) is -0.134. The highest BCUT2D eigenvalue weighted by molar-refractivity contribution is 5.74. The van der Waals surface area contributed by atoms with Gasteiger partial charge < -0.3 is 14.2 Å². The predicted octanol–water partition coefficient (Wildman–Crippen LogP) is 2.26. The van der Waals surface area contributed by atoms with Crippen molar-refractivity contribution >= 4 is 5.97 Å². The third-order valence-corrected chi connectivity index (χ3v) is 5.98. The van der Waals surface area contributed by atoms with E-state index in [-0.39, 0.29) is 29.7 Å². The quantitative estimate of drug-likeness (QED) is 0.631. The van der Waals surface area contributed by atoms with Crippen molar-refractivity contribution in [2.45, 2.75) is 70.1 Å². The smallest absolute Gasteiger partial charge is 0.309 e. The van der Waals surface area contributed by atoms with Crippen LogP contribution in [0.2, 0.25) is 0 Å². The highest BCUT2D eigenvalue weighted by atomic mass is 16.8. The molecule has 19 heavy (non-hydrogen) atoms. The minimum Gasteiger partial charge on any atom is -0.462 e. The fourth-order valence-corrected chi connectivity index (χ4v) is 4.76. The Hall–Kier alpha value is -0.610. The van der Waals surface area contributed by atoms with Crippen LogP contribution in [0.5, 0.6) is 0 Å². The van der Waals surface area contributed by atoms with Crippen LogP contribution in [0.15, 0.2) is 0 Å². The zero-order valence-corrected chi connectivity index (χ0v) is 11.8. The van der Waals surface area contributed by atoms with Gasteiger partial charge in [-0.3, -0.25) is 4.79 Å². The molecule has 4 heteroatoms. The van der Waals surface area contributed by atoms with Crippen molar-refractivity contribution in [3.63, 3.8) is 0 Å². The number of carbonyl (C=O) groups is 1. The summed E-state index contributed by atoms with van der Waals surface area (Å²) in [7, 11) is 0. The average molecular weight is 266 g/mol. The average Bonchev–Trinajstić information content (AvgIpc) is 2.90. The Bertz CT molecular complexity index is 436. The molecule has 4 nitrogen and oxygen atoms in total. The molecule has 1 spiro atoms. The second kappa shape index (κ2) is 3.53. The summed E-state index contributed by atoms with van der Waals surface area (Å²) >= 11 is 0. The molecule has 1 aliphatic carbocycles. The SMILES string of the molecule is C[C@@H]1C(=O)O[C@@H]2C[C@H](C)[C@@]34CC[C@@](C)(O[C@@H]3C[C@H]12)O4. The van der Waals surface area contributed by atoms with Gasteiger partial charge in [-0.05, 0) is 32.1 Å². The molecule has 1 saturated carbocycles. The molecule has 0 N–H and O–H groups in total. The molecule has 4 aliphatic rings. The van der Waals surface area contributed by atoms with Gasteiger partial charge in [-0.1, -0.05) is 13.8 Å². The maximum atomic E-state index is 11.8. The maximum absolute atomic E-state index is 11.8. The van der Waals surface area contributed by atoms with E-state index < -0.39 is 5.79 Å². The van der Waals surface area contributed by atoms with Gasteiger partial charge in [-0.2, -0.15) is 0 Å². The zero-order valence-electron chi connectivity index (χ0n) is 11.8. The van der Waals surface area contributed by atoms with Crippen LogP contribution >= 0.6 is 0 Å². The second-order valence-corrected chi connectivity index (χ2v) is 7.10. The summed E-state index contributed by atoms with van der Waals surface area (Å²) in [5.74, 6) is 0.260. The summed E-state index contributed by atoms with van der Waals surface area (Å²) in [5, 5.41) is 0. The van der Waals surface area contributed by atoms with E-state index in [1.54, 1.807) is 0 Å². The summed E-state index contributed by atoms with van der Waals surface area (Å²) < 4.78 is 18.1. The molecule has 0 aromatic heterocycles. The predicted molar refractivity (Wildman–Crippen MR) is 67.3 cm³/mol. The highest BCUT2D eigenvalue weighted by Gasteiger charge is 2.65. The van der Waals surface area contributed by atoms with Crippen molar-refractivity contribution < 1.29 is 19.0 Å². The van der Waals surface area contributed by atoms with E-state index in [0.29, 0.717) is 11.8 Å². The highest BCUT2D eigenvalue weighted by Crippen LogP contribution is 2.58. The van der Waals surface area contributed by atoms with E-state index in [4.69, 9.17) is 14.2 Å². The Kier molecular flexibility index (Phi) is 2.26. The number of esters is 1. The molecule has 0 unspecified atom stereocenters. The number of ether oxygens (including phenoxy) is 3. The summed E-state index contributed by atoms with van der Waals surface area (Å²) in [4.78, 5) is 11.8. The topological polar surface area (TPSA) is 44.8 Å². The van der Waals surface area contributed by atoms with Crippen LogP contribution in [0.1, 0.15) is 46.5 Å². The lowest BCUT2D eigenvalue weighted by Crippen LogP contribution is -2.45. The number of hydrogen-bond donors (Lipinski definition) is 0. The van der Waals surface area contributed by atoms with E-state index in [9.17, 15) is 4.79 Å². The van der Waals surface area contributed by atoms with E-state index in [0.717, 1.165) is 25.7 Å². The summed E-state index contributed by atoms with van der Waals surface area (Å²) in [6, 6.07) is 0. The molecule has 7 atom stereocenters. The molecule has 3 saturated heterocycles. The van der Waals surface area contributed by atoms with Gasteiger partial charge in [-0.15, -0.1) is 0 Å². The Morgan fingerprint density at radius 3 is 2.74 bits per heavy atom. The van der Waals surface area contributed by atoms with Crippen molar-refractivity contribution in [2.24, 2.45) is 17.8 Å². The molecule has 0 amide bonds. The van der Waals surface area contributed by atoms with Crippen molar-refractivity contribution in [1.82, 2.24) is 0 Å². The zero-order chi connectivity index (χ0) is 13.4. The van der Waals surface area contributed by atoms with Gasteiger partial charge in [0.25, 0.3) is 0 Å². The Morgan fingerprint density at radius 2 is 2.00 bits per heavy atom. The van der Waals surface area contributed by atoms with E-state index in [1.165, 1.54) is 0 Å². The molecule has 106 valence electrons. The van der Waals surface area contributed by atoms with Gasteiger partial charge in [0.05, 0.1) is 12.0 Å². The van der Waals surface area contributed by atoms with Gasteiger partial charge in [0.15, 0.2) is 5.79 Å². The first-order chi connectivity index (χ1) is 8.93. The van der Waals surface area contributed by atoms with Crippen LogP contribution < -0.4 is 0 Å². The molecule has 0 aromatic rings. The van der Waals surface area contributed by atoms with Crippen molar-refractivity contribution in [3.8, 4) is 0 Å². The van der Waals surface area contributed by atoms with Crippen molar-refractivity contribution in [2.75, 3.05) is 0 Å². The number of hydrogen-bond acceptors (Lipinski definition) is 4.